The third-order valence-corrected chi connectivity index (χ3v) is 2.48. The summed E-state index contributed by atoms with van der Waals surface area (Å²) in [5.74, 6) is 1.74. The SMILES string of the molecule is CCCOc1ccc(OCC(C)(C)CN)cc1. The van der Waals surface area contributed by atoms with Crippen LogP contribution >= 0.6 is 0 Å². The monoisotopic (exact) mass is 237 g/mol. The number of rotatable bonds is 7. The van der Waals surface area contributed by atoms with E-state index in [9.17, 15) is 0 Å². The van der Waals surface area contributed by atoms with Gasteiger partial charge >= 0.3 is 0 Å². The van der Waals surface area contributed by atoms with E-state index in [-0.39, 0.29) is 5.41 Å². The minimum atomic E-state index is 0.0113. The van der Waals surface area contributed by atoms with E-state index < -0.39 is 0 Å². The fourth-order valence-electron chi connectivity index (χ4n) is 1.19. The molecule has 0 aliphatic heterocycles. The molecule has 0 aromatic heterocycles. The average molecular weight is 237 g/mol. The molecule has 2 N–H and O–H groups in total. The smallest absolute Gasteiger partial charge is 0.119 e. The van der Waals surface area contributed by atoms with Crippen molar-refractivity contribution in [2.45, 2.75) is 27.2 Å². The van der Waals surface area contributed by atoms with E-state index in [1.165, 1.54) is 0 Å². The molecule has 17 heavy (non-hydrogen) atoms. The zero-order valence-electron chi connectivity index (χ0n) is 11.0. The lowest BCUT2D eigenvalue weighted by Gasteiger charge is -2.22. The molecule has 0 bridgehead atoms. The number of benzene rings is 1. The van der Waals surface area contributed by atoms with Crippen molar-refractivity contribution in [3.8, 4) is 11.5 Å². The van der Waals surface area contributed by atoms with Crippen molar-refractivity contribution in [3.63, 3.8) is 0 Å². The van der Waals surface area contributed by atoms with Gasteiger partial charge in [-0.3, -0.25) is 0 Å². The standard InChI is InChI=1S/C14H23NO2/c1-4-9-16-12-5-7-13(8-6-12)17-11-14(2,3)10-15/h5-8H,4,9-11,15H2,1-3H3. The van der Waals surface area contributed by atoms with Crippen molar-refractivity contribution in [1.29, 1.82) is 0 Å². The maximum Gasteiger partial charge on any atom is 0.119 e. The van der Waals surface area contributed by atoms with Gasteiger partial charge in [0, 0.05) is 12.0 Å². The molecule has 0 radical (unpaired) electrons. The molecule has 0 amide bonds. The second-order valence-electron chi connectivity index (χ2n) is 4.98. The molecule has 1 aromatic carbocycles. The van der Waals surface area contributed by atoms with E-state index in [0.29, 0.717) is 13.2 Å². The van der Waals surface area contributed by atoms with Gasteiger partial charge < -0.3 is 15.2 Å². The summed E-state index contributed by atoms with van der Waals surface area (Å²) < 4.78 is 11.2. The quantitative estimate of drug-likeness (QED) is 0.793. The van der Waals surface area contributed by atoms with Crippen molar-refractivity contribution in [1.82, 2.24) is 0 Å². The van der Waals surface area contributed by atoms with E-state index in [1.54, 1.807) is 0 Å². The second kappa shape index (κ2) is 6.50. The Hall–Kier alpha value is -1.22. The lowest BCUT2D eigenvalue weighted by Crippen LogP contribution is -2.30. The molecule has 0 saturated carbocycles. The first-order valence-electron chi connectivity index (χ1n) is 6.13. The van der Waals surface area contributed by atoms with Gasteiger partial charge in [-0.15, -0.1) is 0 Å². The number of ether oxygens (including phenoxy) is 2. The molecule has 1 aromatic rings. The van der Waals surface area contributed by atoms with Gasteiger partial charge in [-0.25, -0.2) is 0 Å². The Morgan fingerprint density at radius 2 is 1.59 bits per heavy atom. The van der Waals surface area contributed by atoms with Crippen LogP contribution in [0.15, 0.2) is 24.3 Å². The van der Waals surface area contributed by atoms with Crippen LogP contribution in [0, 0.1) is 5.41 Å². The van der Waals surface area contributed by atoms with Crippen molar-refractivity contribution in [2.24, 2.45) is 11.1 Å². The summed E-state index contributed by atoms with van der Waals surface area (Å²) >= 11 is 0. The molecular weight excluding hydrogens is 214 g/mol. The van der Waals surface area contributed by atoms with Crippen LogP contribution < -0.4 is 15.2 Å². The highest BCUT2D eigenvalue weighted by molar-refractivity contribution is 5.31. The molecule has 1 rings (SSSR count). The predicted molar refractivity (Wildman–Crippen MR) is 70.6 cm³/mol. The summed E-state index contributed by atoms with van der Waals surface area (Å²) in [5.41, 5.74) is 5.66. The Morgan fingerprint density at radius 3 is 2.06 bits per heavy atom. The van der Waals surface area contributed by atoms with E-state index in [1.807, 2.05) is 24.3 Å². The summed E-state index contributed by atoms with van der Waals surface area (Å²) in [6.45, 7) is 8.26. The Morgan fingerprint density at radius 1 is 1.06 bits per heavy atom. The Balaban J connectivity index is 2.45. The molecule has 0 heterocycles. The summed E-state index contributed by atoms with van der Waals surface area (Å²) in [7, 11) is 0. The average Bonchev–Trinajstić information content (AvgIpc) is 2.35. The Labute approximate surface area is 104 Å². The molecule has 0 atom stereocenters. The fraction of sp³-hybridized carbons (Fsp3) is 0.571. The highest BCUT2D eigenvalue weighted by Crippen LogP contribution is 2.20. The number of hydrogen-bond acceptors (Lipinski definition) is 3. The van der Waals surface area contributed by atoms with E-state index in [2.05, 4.69) is 20.8 Å². The Bertz CT molecular complexity index is 319. The van der Waals surface area contributed by atoms with Crippen molar-refractivity contribution < 1.29 is 9.47 Å². The number of hydrogen-bond donors (Lipinski definition) is 1. The van der Waals surface area contributed by atoms with Crippen LogP contribution in [0.1, 0.15) is 27.2 Å². The maximum atomic E-state index is 5.69. The highest BCUT2D eigenvalue weighted by atomic mass is 16.5. The highest BCUT2D eigenvalue weighted by Gasteiger charge is 2.16. The third kappa shape index (κ3) is 5.09. The number of nitrogens with two attached hydrogens (primary N) is 1. The van der Waals surface area contributed by atoms with Crippen LogP contribution in [0.2, 0.25) is 0 Å². The van der Waals surface area contributed by atoms with Crippen LogP contribution in [-0.2, 0) is 0 Å². The van der Waals surface area contributed by atoms with Gasteiger partial charge in [0.15, 0.2) is 0 Å². The first kappa shape index (κ1) is 13.8. The minimum absolute atomic E-state index is 0.0113. The van der Waals surface area contributed by atoms with Crippen LogP contribution in [0.3, 0.4) is 0 Å². The Kier molecular flexibility index (Phi) is 5.29. The van der Waals surface area contributed by atoms with Crippen LogP contribution in [0.25, 0.3) is 0 Å². The second-order valence-corrected chi connectivity index (χ2v) is 4.98. The molecule has 96 valence electrons. The molecule has 3 heteroatoms. The van der Waals surface area contributed by atoms with Gasteiger partial charge in [0.25, 0.3) is 0 Å². The van der Waals surface area contributed by atoms with Gasteiger partial charge in [0.1, 0.15) is 11.5 Å². The van der Waals surface area contributed by atoms with Crippen molar-refractivity contribution in [2.75, 3.05) is 19.8 Å². The predicted octanol–water partition coefficient (Wildman–Crippen LogP) is 2.84. The van der Waals surface area contributed by atoms with Gasteiger partial charge in [-0.2, -0.15) is 0 Å². The third-order valence-electron chi connectivity index (χ3n) is 2.48. The van der Waals surface area contributed by atoms with Crippen LogP contribution in [0.5, 0.6) is 11.5 Å². The summed E-state index contributed by atoms with van der Waals surface area (Å²) in [5, 5.41) is 0. The van der Waals surface area contributed by atoms with E-state index in [4.69, 9.17) is 15.2 Å². The molecule has 0 spiro atoms. The lowest BCUT2D eigenvalue weighted by molar-refractivity contribution is 0.187. The molecule has 0 saturated heterocycles. The molecular formula is C14H23NO2. The van der Waals surface area contributed by atoms with Gasteiger partial charge in [-0.05, 0) is 30.7 Å². The van der Waals surface area contributed by atoms with Gasteiger partial charge in [0.2, 0.25) is 0 Å². The zero-order chi connectivity index (χ0) is 12.7. The fourth-order valence-corrected chi connectivity index (χ4v) is 1.19. The van der Waals surface area contributed by atoms with Gasteiger partial charge in [-0.1, -0.05) is 20.8 Å². The molecule has 3 nitrogen and oxygen atoms in total. The molecule has 0 aliphatic rings. The summed E-state index contributed by atoms with van der Waals surface area (Å²) in [6.07, 6.45) is 1.02. The van der Waals surface area contributed by atoms with Crippen LogP contribution in [0.4, 0.5) is 0 Å². The normalized spacial score (nSPS) is 11.3. The first-order valence-corrected chi connectivity index (χ1v) is 6.13. The largest absolute Gasteiger partial charge is 0.494 e. The minimum Gasteiger partial charge on any atom is -0.494 e. The summed E-state index contributed by atoms with van der Waals surface area (Å²) in [4.78, 5) is 0. The van der Waals surface area contributed by atoms with E-state index >= 15 is 0 Å². The zero-order valence-corrected chi connectivity index (χ0v) is 11.0. The van der Waals surface area contributed by atoms with Crippen LogP contribution in [-0.4, -0.2) is 19.8 Å². The van der Waals surface area contributed by atoms with Crippen molar-refractivity contribution in [3.05, 3.63) is 24.3 Å². The molecule has 0 unspecified atom stereocenters. The molecule has 0 aliphatic carbocycles. The van der Waals surface area contributed by atoms with E-state index in [0.717, 1.165) is 24.5 Å². The van der Waals surface area contributed by atoms with Crippen molar-refractivity contribution >= 4 is 0 Å². The first-order chi connectivity index (χ1) is 8.07. The molecule has 0 fully saturated rings. The topological polar surface area (TPSA) is 44.5 Å². The lowest BCUT2D eigenvalue weighted by atomic mass is 9.95. The maximum absolute atomic E-state index is 5.69. The summed E-state index contributed by atoms with van der Waals surface area (Å²) in [6, 6.07) is 7.72. The van der Waals surface area contributed by atoms with Gasteiger partial charge in [0.05, 0.1) is 13.2 Å².